The summed E-state index contributed by atoms with van der Waals surface area (Å²) >= 11 is 0. The van der Waals surface area contributed by atoms with E-state index in [9.17, 15) is 0 Å². The highest BCUT2D eigenvalue weighted by Gasteiger charge is 2.06. The van der Waals surface area contributed by atoms with Crippen LogP contribution in [0.2, 0.25) is 0 Å². The molecular formula is C13H13N3O. The number of oxazole rings is 1. The zero-order chi connectivity index (χ0) is 11.8. The number of benzene rings is 1. The Morgan fingerprint density at radius 1 is 1.24 bits per heavy atom. The van der Waals surface area contributed by atoms with E-state index in [1.165, 1.54) is 6.39 Å². The van der Waals surface area contributed by atoms with Gasteiger partial charge >= 0.3 is 0 Å². The first-order chi connectivity index (χ1) is 8.24. The Morgan fingerprint density at radius 3 is 2.88 bits per heavy atom. The van der Waals surface area contributed by atoms with E-state index in [1.54, 1.807) is 0 Å². The predicted octanol–water partition coefficient (Wildman–Crippen LogP) is 3.14. The highest BCUT2D eigenvalue weighted by Crippen LogP contribution is 2.18. The Balaban J connectivity index is 2.06. The van der Waals surface area contributed by atoms with Gasteiger partial charge in [0.15, 0.2) is 12.0 Å². The summed E-state index contributed by atoms with van der Waals surface area (Å²) < 4.78 is 7.08. The fourth-order valence-corrected chi connectivity index (χ4v) is 1.78. The SMILES string of the molecule is CC(C)c1ccn(-c2ccc3ocnc3c2)n1. The van der Waals surface area contributed by atoms with Crippen molar-refractivity contribution in [2.24, 2.45) is 0 Å². The van der Waals surface area contributed by atoms with Gasteiger partial charge in [0.2, 0.25) is 0 Å². The van der Waals surface area contributed by atoms with Gasteiger partial charge < -0.3 is 4.42 Å². The molecule has 0 unspecified atom stereocenters. The van der Waals surface area contributed by atoms with Gasteiger partial charge in [0.1, 0.15) is 5.52 Å². The molecule has 0 aliphatic heterocycles. The van der Waals surface area contributed by atoms with Crippen molar-refractivity contribution in [2.45, 2.75) is 19.8 Å². The average molecular weight is 227 g/mol. The molecule has 0 saturated heterocycles. The van der Waals surface area contributed by atoms with Crippen LogP contribution >= 0.6 is 0 Å². The molecule has 4 heteroatoms. The maximum absolute atomic E-state index is 5.21. The highest BCUT2D eigenvalue weighted by molar-refractivity contribution is 5.74. The van der Waals surface area contributed by atoms with E-state index in [2.05, 4.69) is 23.9 Å². The second-order valence-electron chi connectivity index (χ2n) is 4.34. The van der Waals surface area contributed by atoms with Crippen molar-refractivity contribution in [3.63, 3.8) is 0 Å². The maximum Gasteiger partial charge on any atom is 0.181 e. The minimum absolute atomic E-state index is 0.437. The molecule has 1 aromatic carbocycles. The third-order valence-electron chi connectivity index (χ3n) is 2.78. The van der Waals surface area contributed by atoms with Crippen LogP contribution in [0, 0.1) is 0 Å². The van der Waals surface area contributed by atoms with E-state index in [0.717, 1.165) is 22.5 Å². The van der Waals surface area contributed by atoms with Gasteiger partial charge in [-0.15, -0.1) is 0 Å². The molecule has 0 amide bonds. The first kappa shape index (κ1) is 10.1. The van der Waals surface area contributed by atoms with Crippen molar-refractivity contribution >= 4 is 11.1 Å². The largest absolute Gasteiger partial charge is 0.443 e. The minimum Gasteiger partial charge on any atom is -0.443 e. The van der Waals surface area contributed by atoms with Gasteiger partial charge in [0, 0.05) is 6.20 Å². The van der Waals surface area contributed by atoms with E-state index < -0.39 is 0 Å². The Morgan fingerprint density at radius 2 is 2.12 bits per heavy atom. The van der Waals surface area contributed by atoms with E-state index in [4.69, 9.17) is 4.42 Å². The van der Waals surface area contributed by atoms with Crippen LogP contribution in [0.1, 0.15) is 25.5 Å². The topological polar surface area (TPSA) is 43.9 Å². The molecule has 0 N–H and O–H groups in total. The van der Waals surface area contributed by atoms with Crippen LogP contribution in [0.5, 0.6) is 0 Å². The Hall–Kier alpha value is -2.10. The van der Waals surface area contributed by atoms with Gasteiger partial charge in [-0.1, -0.05) is 13.8 Å². The second kappa shape index (κ2) is 3.73. The Kier molecular flexibility index (Phi) is 2.21. The van der Waals surface area contributed by atoms with E-state index in [-0.39, 0.29) is 0 Å². The van der Waals surface area contributed by atoms with Crippen LogP contribution in [-0.4, -0.2) is 14.8 Å². The molecule has 3 rings (SSSR count). The molecule has 0 spiro atoms. The van der Waals surface area contributed by atoms with Crippen molar-refractivity contribution in [3.8, 4) is 5.69 Å². The van der Waals surface area contributed by atoms with Gasteiger partial charge in [-0.2, -0.15) is 5.10 Å². The Bertz CT molecular complexity index is 651. The number of fused-ring (bicyclic) bond motifs is 1. The Labute approximate surface area is 98.9 Å². The lowest BCUT2D eigenvalue weighted by molar-refractivity contribution is 0.602. The zero-order valence-electron chi connectivity index (χ0n) is 9.79. The fourth-order valence-electron chi connectivity index (χ4n) is 1.78. The van der Waals surface area contributed by atoms with Crippen LogP contribution in [0.3, 0.4) is 0 Å². The van der Waals surface area contributed by atoms with E-state index in [0.29, 0.717) is 5.92 Å². The fraction of sp³-hybridized carbons (Fsp3) is 0.231. The molecule has 0 radical (unpaired) electrons. The van der Waals surface area contributed by atoms with Crippen molar-refractivity contribution in [3.05, 3.63) is 42.5 Å². The zero-order valence-corrected chi connectivity index (χ0v) is 9.79. The molecule has 0 atom stereocenters. The van der Waals surface area contributed by atoms with Gasteiger partial charge in [-0.3, -0.25) is 0 Å². The molecule has 0 aliphatic rings. The van der Waals surface area contributed by atoms with Crippen LogP contribution in [-0.2, 0) is 0 Å². The van der Waals surface area contributed by atoms with Crippen molar-refractivity contribution in [1.82, 2.24) is 14.8 Å². The molecule has 0 aliphatic carbocycles. The smallest absolute Gasteiger partial charge is 0.181 e. The van der Waals surface area contributed by atoms with Gasteiger partial charge in [0.05, 0.1) is 11.4 Å². The number of hydrogen-bond donors (Lipinski definition) is 0. The summed E-state index contributed by atoms with van der Waals surface area (Å²) in [5.41, 5.74) is 3.73. The van der Waals surface area contributed by atoms with Crippen molar-refractivity contribution in [1.29, 1.82) is 0 Å². The molecule has 86 valence electrons. The minimum atomic E-state index is 0.437. The summed E-state index contributed by atoms with van der Waals surface area (Å²) in [5, 5.41) is 4.53. The predicted molar refractivity (Wildman–Crippen MR) is 65.2 cm³/mol. The van der Waals surface area contributed by atoms with Crippen LogP contribution in [0.25, 0.3) is 16.8 Å². The first-order valence-corrected chi connectivity index (χ1v) is 5.63. The lowest BCUT2D eigenvalue weighted by Crippen LogP contribution is -1.96. The maximum atomic E-state index is 5.21. The van der Waals surface area contributed by atoms with Gasteiger partial charge in [-0.25, -0.2) is 9.67 Å². The quantitative estimate of drug-likeness (QED) is 0.675. The summed E-state index contributed by atoms with van der Waals surface area (Å²) in [5.74, 6) is 0.437. The first-order valence-electron chi connectivity index (χ1n) is 5.63. The summed E-state index contributed by atoms with van der Waals surface area (Å²) in [6, 6.07) is 7.90. The molecule has 3 aromatic rings. The standard InChI is InChI=1S/C13H13N3O/c1-9(2)11-5-6-16(15-11)10-3-4-13-12(7-10)14-8-17-13/h3-9H,1-2H3. The summed E-state index contributed by atoms with van der Waals surface area (Å²) in [6.45, 7) is 4.26. The average Bonchev–Trinajstić information content (AvgIpc) is 2.97. The number of hydrogen-bond acceptors (Lipinski definition) is 3. The second-order valence-corrected chi connectivity index (χ2v) is 4.34. The summed E-state index contributed by atoms with van der Waals surface area (Å²) in [7, 11) is 0. The highest BCUT2D eigenvalue weighted by atomic mass is 16.3. The molecule has 0 fully saturated rings. The lowest BCUT2D eigenvalue weighted by Gasteiger charge is -2.01. The third-order valence-corrected chi connectivity index (χ3v) is 2.78. The molecule has 4 nitrogen and oxygen atoms in total. The van der Waals surface area contributed by atoms with Crippen LogP contribution in [0.15, 0.2) is 41.3 Å². The summed E-state index contributed by atoms with van der Waals surface area (Å²) in [4.78, 5) is 4.14. The number of rotatable bonds is 2. The van der Waals surface area contributed by atoms with Crippen LogP contribution < -0.4 is 0 Å². The number of nitrogens with zero attached hydrogens (tertiary/aromatic N) is 3. The molecule has 2 heterocycles. The molecule has 2 aromatic heterocycles. The van der Waals surface area contributed by atoms with Gasteiger partial charge in [-0.05, 0) is 30.2 Å². The van der Waals surface area contributed by atoms with E-state index in [1.807, 2.05) is 35.1 Å². The lowest BCUT2D eigenvalue weighted by atomic mass is 10.1. The molecule has 0 saturated carbocycles. The molecular weight excluding hydrogens is 214 g/mol. The monoisotopic (exact) mass is 227 g/mol. The molecule has 17 heavy (non-hydrogen) atoms. The van der Waals surface area contributed by atoms with Crippen molar-refractivity contribution in [2.75, 3.05) is 0 Å². The van der Waals surface area contributed by atoms with Crippen LogP contribution in [0.4, 0.5) is 0 Å². The summed E-state index contributed by atoms with van der Waals surface area (Å²) in [6.07, 6.45) is 3.42. The normalized spacial score (nSPS) is 11.5. The van der Waals surface area contributed by atoms with E-state index >= 15 is 0 Å². The third kappa shape index (κ3) is 1.71. The van der Waals surface area contributed by atoms with Gasteiger partial charge in [0.25, 0.3) is 0 Å². The number of aromatic nitrogens is 3. The molecule has 0 bridgehead atoms. The van der Waals surface area contributed by atoms with Crippen molar-refractivity contribution < 1.29 is 4.42 Å².